The first kappa shape index (κ1) is 17.4. The minimum Gasteiger partial charge on any atom is -0.324 e. The van der Waals surface area contributed by atoms with E-state index in [9.17, 15) is 4.79 Å². The molecule has 0 atom stereocenters. The van der Waals surface area contributed by atoms with Crippen LogP contribution in [0, 0.1) is 18.3 Å². The zero-order valence-electron chi connectivity index (χ0n) is 13.8. The van der Waals surface area contributed by atoms with Gasteiger partial charge in [0.05, 0.1) is 11.6 Å². The molecule has 7 heteroatoms. The molecule has 1 aromatic heterocycles. The molecule has 26 heavy (non-hydrogen) atoms. The van der Waals surface area contributed by atoms with Crippen molar-refractivity contribution in [3.8, 4) is 6.07 Å². The summed E-state index contributed by atoms with van der Waals surface area (Å²) in [6.07, 6.45) is 1.51. The molecule has 0 saturated carbocycles. The number of carbonyl (C=O) groups excluding carboxylic acids is 1. The van der Waals surface area contributed by atoms with Crippen LogP contribution in [0.25, 0.3) is 0 Å². The van der Waals surface area contributed by atoms with E-state index in [1.165, 1.54) is 12.3 Å². The second-order valence-electron chi connectivity index (χ2n) is 5.49. The molecule has 128 valence electrons. The van der Waals surface area contributed by atoms with Gasteiger partial charge in [0.2, 0.25) is 5.95 Å². The summed E-state index contributed by atoms with van der Waals surface area (Å²) in [5.41, 5.74) is 3.07. The van der Waals surface area contributed by atoms with E-state index < -0.39 is 0 Å². The van der Waals surface area contributed by atoms with Crippen molar-refractivity contribution in [1.29, 1.82) is 5.26 Å². The number of halogens is 1. The van der Waals surface area contributed by atoms with Gasteiger partial charge in [-0.25, -0.2) is 9.97 Å². The van der Waals surface area contributed by atoms with Crippen LogP contribution < -0.4 is 10.6 Å². The normalized spacial score (nSPS) is 10.0. The molecule has 0 aliphatic heterocycles. The number of amides is 1. The van der Waals surface area contributed by atoms with Crippen LogP contribution in [0.1, 0.15) is 21.6 Å². The monoisotopic (exact) mass is 363 g/mol. The van der Waals surface area contributed by atoms with Gasteiger partial charge in [-0.15, -0.1) is 0 Å². The van der Waals surface area contributed by atoms with E-state index in [1.807, 2.05) is 25.1 Å². The Kier molecular flexibility index (Phi) is 5.11. The largest absolute Gasteiger partial charge is 0.324 e. The molecule has 2 N–H and O–H groups in total. The number of hydrogen-bond acceptors (Lipinski definition) is 5. The van der Waals surface area contributed by atoms with E-state index in [0.29, 0.717) is 22.2 Å². The number of anilines is 3. The zero-order chi connectivity index (χ0) is 18.5. The van der Waals surface area contributed by atoms with Crippen molar-refractivity contribution >= 4 is 34.8 Å². The van der Waals surface area contributed by atoms with Gasteiger partial charge in [0.25, 0.3) is 5.91 Å². The number of nitrogens with zero attached hydrogens (tertiary/aromatic N) is 3. The molecule has 0 fully saturated rings. The molecule has 0 radical (unpaired) electrons. The Bertz CT molecular complexity index is 996. The smallest absolute Gasteiger partial charge is 0.274 e. The van der Waals surface area contributed by atoms with Crippen LogP contribution in [0.15, 0.2) is 54.7 Å². The highest BCUT2D eigenvalue weighted by Gasteiger charge is 2.10. The number of carbonyl (C=O) groups is 1. The Balaban J connectivity index is 1.75. The molecule has 0 unspecified atom stereocenters. The topological polar surface area (TPSA) is 90.7 Å². The van der Waals surface area contributed by atoms with Crippen LogP contribution >= 0.6 is 11.6 Å². The molecule has 3 rings (SSSR count). The molecular weight excluding hydrogens is 350 g/mol. The quantitative estimate of drug-likeness (QED) is 0.720. The SMILES string of the molecule is Cc1cc(Cl)ccc1Nc1nccc(C(=O)Nc2ccc(C#N)cc2)n1. The van der Waals surface area contributed by atoms with Crippen LogP contribution in [0.3, 0.4) is 0 Å². The van der Waals surface area contributed by atoms with Crippen LogP contribution in [0.5, 0.6) is 0 Å². The lowest BCUT2D eigenvalue weighted by atomic mass is 10.2. The van der Waals surface area contributed by atoms with Gasteiger partial charge in [0.15, 0.2) is 0 Å². The predicted molar refractivity (Wildman–Crippen MR) is 101 cm³/mol. The van der Waals surface area contributed by atoms with Crippen molar-refractivity contribution in [1.82, 2.24) is 9.97 Å². The van der Waals surface area contributed by atoms with Crippen molar-refractivity contribution in [2.75, 3.05) is 10.6 Å². The van der Waals surface area contributed by atoms with Crippen LogP contribution in [0.4, 0.5) is 17.3 Å². The minimum atomic E-state index is -0.368. The van der Waals surface area contributed by atoms with E-state index in [2.05, 4.69) is 20.6 Å². The Morgan fingerprint density at radius 1 is 1.15 bits per heavy atom. The maximum atomic E-state index is 12.4. The summed E-state index contributed by atoms with van der Waals surface area (Å²) < 4.78 is 0. The Labute approximate surface area is 155 Å². The standard InChI is InChI=1S/C19H14ClN5O/c1-12-10-14(20)4-7-16(12)24-19-22-9-8-17(25-19)18(26)23-15-5-2-13(11-21)3-6-15/h2-10H,1H3,(H,23,26)(H,22,24,25). The van der Waals surface area contributed by atoms with Crippen LogP contribution in [-0.4, -0.2) is 15.9 Å². The molecule has 1 amide bonds. The molecular formula is C19H14ClN5O. The van der Waals surface area contributed by atoms with Gasteiger partial charge >= 0.3 is 0 Å². The number of hydrogen-bond donors (Lipinski definition) is 2. The first-order valence-electron chi connectivity index (χ1n) is 7.73. The van der Waals surface area contributed by atoms with Crippen molar-refractivity contribution in [2.45, 2.75) is 6.92 Å². The summed E-state index contributed by atoms with van der Waals surface area (Å²) in [5.74, 6) is -0.0594. The number of benzene rings is 2. The average Bonchev–Trinajstić information content (AvgIpc) is 2.65. The van der Waals surface area contributed by atoms with Gasteiger partial charge in [0, 0.05) is 22.6 Å². The van der Waals surface area contributed by atoms with E-state index in [-0.39, 0.29) is 11.6 Å². The third kappa shape index (κ3) is 4.15. The molecule has 2 aromatic carbocycles. The minimum absolute atomic E-state index is 0.221. The second kappa shape index (κ2) is 7.64. The summed E-state index contributed by atoms with van der Waals surface area (Å²) in [6.45, 7) is 1.91. The lowest BCUT2D eigenvalue weighted by molar-refractivity contribution is 0.102. The summed E-state index contributed by atoms with van der Waals surface area (Å²) in [7, 11) is 0. The fourth-order valence-electron chi connectivity index (χ4n) is 2.26. The lowest BCUT2D eigenvalue weighted by Gasteiger charge is -2.09. The highest BCUT2D eigenvalue weighted by atomic mass is 35.5. The van der Waals surface area contributed by atoms with Gasteiger partial charge in [-0.1, -0.05) is 11.6 Å². The number of rotatable bonds is 4. The fraction of sp³-hybridized carbons (Fsp3) is 0.0526. The number of nitrogens with one attached hydrogen (secondary N) is 2. The van der Waals surface area contributed by atoms with E-state index in [0.717, 1.165) is 11.3 Å². The summed E-state index contributed by atoms with van der Waals surface area (Å²) in [5, 5.41) is 15.3. The number of aromatic nitrogens is 2. The summed E-state index contributed by atoms with van der Waals surface area (Å²) in [4.78, 5) is 20.8. The fourth-order valence-corrected chi connectivity index (χ4v) is 2.48. The number of aryl methyl sites for hydroxylation is 1. The van der Waals surface area contributed by atoms with Gasteiger partial charge in [-0.2, -0.15) is 5.26 Å². The highest BCUT2D eigenvalue weighted by Crippen LogP contribution is 2.22. The maximum Gasteiger partial charge on any atom is 0.274 e. The van der Waals surface area contributed by atoms with Crippen molar-refractivity contribution in [2.24, 2.45) is 0 Å². The van der Waals surface area contributed by atoms with Crippen LogP contribution in [-0.2, 0) is 0 Å². The van der Waals surface area contributed by atoms with Crippen molar-refractivity contribution in [3.05, 3.63) is 76.6 Å². The van der Waals surface area contributed by atoms with Crippen molar-refractivity contribution in [3.63, 3.8) is 0 Å². The van der Waals surface area contributed by atoms with Gasteiger partial charge in [0.1, 0.15) is 5.69 Å². The summed E-state index contributed by atoms with van der Waals surface area (Å²) >= 11 is 5.95. The van der Waals surface area contributed by atoms with Gasteiger partial charge in [-0.05, 0) is 61.0 Å². The van der Waals surface area contributed by atoms with Gasteiger partial charge in [-0.3, -0.25) is 4.79 Å². The zero-order valence-corrected chi connectivity index (χ0v) is 14.6. The predicted octanol–water partition coefficient (Wildman–Crippen LogP) is 4.31. The average molecular weight is 364 g/mol. The molecule has 0 spiro atoms. The van der Waals surface area contributed by atoms with E-state index in [1.54, 1.807) is 30.3 Å². The lowest BCUT2D eigenvalue weighted by Crippen LogP contribution is -2.14. The second-order valence-corrected chi connectivity index (χ2v) is 5.93. The van der Waals surface area contributed by atoms with Crippen LogP contribution in [0.2, 0.25) is 5.02 Å². The third-order valence-electron chi connectivity index (χ3n) is 3.60. The molecule has 0 bridgehead atoms. The molecule has 0 aliphatic carbocycles. The molecule has 0 saturated heterocycles. The van der Waals surface area contributed by atoms with Crippen molar-refractivity contribution < 1.29 is 4.79 Å². The molecule has 6 nitrogen and oxygen atoms in total. The van der Waals surface area contributed by atoms with E-state index in [4.69, 9.17) is 16.9 Å². The molecule has 0 aliphatic rings. The van der Waals surface area contributed by atoms with E-state index >= 15 is 0 Å². The number of nitriles is 1. The Hall–Kier alpha value is -3.43. The molecule has 1 heterocycles. The summed E-state index contributed by atoms with van der Waals surface area (Å²) in [6, 6.07) is 15.5. The highest BCUT2D eigenvalue weighted by molar-refractivity contribution is 6.30. The Morgan fingerprint density at radius 2 is 1.92 bits per heavy atom. The maximum absolute atomic E-state index is 12.4. The first-order chi connectivity index (χ1) is 12.5. The molecule has 3 aromatic rings. The Morgan fingerprint density at radius 3 is 2.62 bits per heavy atom. The van der Waals surface area contributed by atoms with Gasteiger partial charge < -0.3 is 10.6 Å². The first-order valence-corrected chi connectivity index (χ1v) is 8.11. The third-order valence-corrected chi connectivity index (χ3v) is 3.83.